The predicted octanol–water partition coefficient (Wildman–Crippen LogP) is 3.91. The molecule has 0 saturated heterocycles. The van der Waals surface area contributed by atoms with Gasteiger partial charge in [-0.3, -0.25) is 0 Å². The molecule has 2 nitrogen and oxygen atoms in total. The van der Waals surface area contributed by atoms with Crippen molar-refractivity contribution in [2.24, 2.45) is 5.73 Å². The zero-order valence-corrected chi connectivity index (χ0v) is 12.7. The Bertz CT molecular complexity index is 566. The molecule has 2 rings (SSSR count). The fraction of sp³-hybridized carbons (Fsp3) is 0.294. The van der Waals surface area contributed by atoms with Crippen molar-refractivity contribution in [2.75, 3.05) is 6.61 Å². The standard InChI is InChI=1S/C17H20ClNO/c1-12-3-4-13(2)14(9-12)10-16(19)11-20-17-7-5-15(18)6-8-17/h3-9,16H,10-11,19H2,1-2H3. The molecule has 20 heavy (non-hydrogen) atoms. The summed E-state index contributed by atoms with van der Waals surface area (Å²) in [7, 11) is 0. The Morgan fingerprint density at radius 3 is 2.50 bits per heavy atom. The molecule has 0 radical (unpaired) electrons. The van der Waals surface area contributed by atoms with Crippen molar-refractivity contribution >= 4 is 11.6 Å². The smallest absolute Gasteiger partial charge is 0.119 e. The molecule has 0 aromatic heterocycles. The Labute approximate surface area is 125 Å². The van der Waals surface area contributed by atoms with Gasteiger partial charge in [0.05, 0.1) is 0 Å². The molecule has 0 heterocycles. The van der Waals surface area contributed by atoms with Crippen LogP contribution in [-0.2, 0) is 6.42 Å². The second-order valence-corrected chi connectivity index (χ2v) is 5.60. The molecular weight excluding hydrogens is 270 g/mol. The van der Waals surface area contributed by atoms with Gasteiger partial charge in [0.1, 0.15) is 12.4 Å². The molecule has 1 unspecified atom stereocenters. The Hall–Kier alpha value is -1.51. The first-order valence-corrected chi connectivity index (χ1v) is 7.12. The summed E-state index contributed by atoms with van der Waals surface area (Å²) in [5.41, 5.74) is 9.98. The predicted molar refractivity (Wildman–Crippen MR) is 84.5 cm³/mol. The second-order valence-electron chi connectivity index (χ2n) is 5.16. The third kappa shape index (κ3) is 4.26. The molecule has 0 bridgehead atoms. The van der Waals surface area contributed by atoms with Gasteiger partial charge in [-0.25, -0.2) is 0 Å². The highest BCUT2D eigenvalue weighted by Gasteiger charge is 2.08. The molecule has 0 aliphatic heterocycles. The molecule has 2 aromatic rings. The molecule has 0 spiro atoms. The van der Waals surface area contributed by atoms with Gasteiger partial charge in [-0.2, -0.15) is 0 Å². The highest BCUT2D eigenvalue weighted by Crippen LogP contribution is 2.16. The van der Waals surface area contributed by atoms with Gasteiger partial charge >= 0.3 is 0 Å². The Morgan fingerprint density at radius 2 is 1.80 bits per heavy atom. The van der Waals surface area contributed by atoms with Gasteiger partial charge in [-0.05, 0) is 55.7 Å². The van der Waals surface area contributed by atoms with Crippen molar-refractivity contribution in [1.29, 1.82) is 0 Å². The summed E-state index contributed by atoms with van der Waals surface area (Å²) < 4.78 is 5.68. The number of benzene rings is 2. The second kappa shape index (κ2) is 6.78. The minimum Gasteiger partial charge on any atom is -0.492 e. The van der Waals surface area contributed by atoms with Crippen LogP contribution in [-0.4, -0.2) is 12.6 Å². The minimum atomic E-state index is -0.0221. The number of hydrogen-bond donors (Lipinski definition) is 1. The maximum Gasteiger partial charge on any atom is 0.119 e. The highest BCUT2D eigenvalue weighted by atomic mass is 35.5. The summed E-state index contributed by atoms with van der Waals surface area (Å²) in [6, 6.07) is 13.8. The summed E-state index contributed by atoms with van der Waals surface area (Å²) in [6.07, 6.45) is 0.821. The van der Waals surface area contributed by atoms with Crippen LogP contribution in [0.2, 0.25) is 5.02 Å². The number of halogens is 1. The maximum absolute atomic E-state index is 6.15. The van der Waals surface area contributed by atoms with Crippen molar-refractivity contribution in [3.63, 3.8) is 0 Å². The summed E-state index contributed by atoms with van der Waals surface area (Å²) in [5.74, 6) is 0.797. The Kier molecular flexibility index (Phi) is 5.05. The normalized spacial score (nSPS) is 12.2. The van der Waals surface area contributed by atoms with E-state index in [9.17, 15) is 0 Å². The lowest BCUT2D eigenvalue weighted by Crippen LogP contribution is -2.30. The third-order valence-corrected chi connectivity index (χ3v) is 3.52. The van der Waals surface area contributed by atoms with Crippen LogP contribution in [0.15, 0.2) is 42.5 Å². The Morgan fingerprint density at radius 1 is 1.10 bits per heavy atom. The van der Waals surface area contributed by atoms with Crippen LogP contribution in [0.1, 0.15) is 16.7 Å². The first-order valence-electron chi connectivity index (χ1n) is 6.74. The number of nitrogens with two attached hydrogens (primary N) is 1. The molecule has 2 N–H and O–H groups in total. The fourth-order valence-corrected chi connectivity index (χ4v) is 2.22. The van der Waals surface area contributed by atoms with Crippen LogP contribution in [0.25, 0.3) is 0 Å². The van der Waals surface area contributed by atoms with Gasteiger partial charge in [-0.15, -0.1) is 0 Å². The highest BCUT2D eigenvalue weighted by molar-refractivity contribution is 6.30. The van der Waals surface area contributed by atoms with Crippen molar-refractivity contribution < 1.29 is 4.74 Å². The fourth-order valence-electron chi connectivity index (χ4n) is 2.10. The minimum absolute atomic E-state index is 0.0221. The van der Waals surface area contributed by atoms with Crippen LogP contribution in [0.4, 0.5) is 0 Å². The first-order chi connectivity index (χ1) is 9.54. The molecule has 0 aliphatic carbocycles. The third-order valence-electron chi connectivity index (χ3n) is 3.26. The van der Waals surface area contributed by atoms with Crippen LogP contribution in [0.5, 0.6) is 5.75 Å². The number of ether oxygens (including phenoxy) is 1. The lowest BCUT2D eigenvalue weighted by molar-refractivity contribution is 0.287. The van der Waals surface area contributed by atoms with Gasteiger partial charge in [0.25, 0.3) is 0 Å². The molecule has 1 atom stereocenters. The van der Waals surface area contributed by atoms with E-state index in [1.54, 1.807) is 0 Å². The number of rotatable bonds is 5. The van der Waals surface area contributed by atoms with Crippen molar-refractivity contribution in [3.8, 4) is 5.75 Å². The van der Waals surface area contributed by atoms with E-state index in [0.29, 0.717) is 11.6 Å². The molecule has 106 valence electrons. The zero-order valence-electron chi connectivity index (χ0n) is 11.9. The molecule has 3 heteroatoms. The zero-order chi connectivity index (χ0) is 14.5. The van der Waals surface area contributed by atoms with E-state index in [4.69, 9.17) is 22.1 Å². The van der Waals surface area contributed by atoms with Crippen LogP contribution in [0, 0.1) is 13.8 Å². The average molecular weight is 290 g/mol. The molecule has 0 fully saturated rings. The van der Waals surface area contributed by atoms with E-state index in [2.05, 4.69) is 32.0 Å². The summed E-state index contributed by atoms with van der Waals surface area (Å²) in [6.45, 7) is 4.70. The summed E-state index contributed by atoms with van der Waals surface area (Å²) >= 11 is 5.83. The number of hydrogen-bond acceptors (Lipinski definition) is 2. The molecule has 0 saturated carbocycles. The number of aryl methyl sites for hydroxylation is 2. The Balaban J connectivity index is 1.90. The first kappa shape index (κ1) is 14.9. The van der Waals surface area contributed by atoms with E-state index < -0.39 is 0 Å². The van der Waals surface area contributed by atoms with E-state index in [1.807, 2.05) is 24.3 Å². The maximum atomic E-state index is 6.15. The monoisotopic (exact) mass is 289 g/mol. The summed E-state index contributed by atoms with van der Waals surface area (Å²) in [5, 5.41) is 0.706. The van der Waals surface area contributed by atoms with Crippen molar-refractivity contribution in [1.82, 2.24) is 0 Å². The summed E-state index contributed by atoms with van der Waals surface area (Å²) in [4.78, 5) is 0. The lowest BCUT2D eigenvalue weighted by atomic mass is 10.00. The van der Waals surface area contributed by atoms with E-state index in [-0.39, 0.29) is 6.04 Å². The largest absolute Gasteiger partial charge is 0.492 e. The lowest BCUT2D eigenvalue weighted by Gasteiger charge is -2.15. The quantitative estimate of drug-likeness (QED) is 0.906. The van der Waals surface area contributed by atoms with Crippen LogP contribution < -0.4 is 10.5 Å². The van der Waals surface area contributed by atoms with Gasteiger partial charge in [0.2, 0.25) is 0 Å². The van der Waals surface area contributed by atoms with E-state index in [1.165, 1.54) is 16.7 Å². The molecule has 0 aliphatic rings. The van der Waals surface area contributed by atoms with Gasteiger partial charge in [0.15, 0.2) is 0 Å². The van der Waals surface area contributed by atoms with Crippen LogP contribution >= 0.6 is 11.6 Å². The average Bonchev–Trinajstić information content (AvgIpc) is 2.42. The van der Waals surface area contributed by atoms with E-state index in [0.717, 1.165) is 12.2 Å². The van der Waals surface area contributed by atoms with Gasteiger partial charge < -0.3 is 10.5 Å². The van der Waals surface area contributed by atoms with Crippen LogP contribution in [0.3, 0.4) is 0 Å². The van der Waals surface area contributed by atoms with Crippen molar-refractivity contribution in [2.45, 2.75) is 26.3 Å². The SMILES string of the molecule is Cc1ccc(C)c(CC(N)COc2ccc(Cl)cc2)c1. The molecule has 0 amide bonds. The van der Waals surface area contributed by atoms with Gasteiger partial charge in [0, 0.05) is 11.1 Å². The van der Waals surface area contributed by atoms with E-state index >= 15 is 0 Å². The topological polar surface area (TPSA) is 35.2 Å². The molecule has 2 aromatic carbocycles. The van der Waals surface area contributed by atoms with Crippen molar-refractivity contribution in [3.05, 3.63) is 64.2 Å². The van der Waals surface area contributed by atoms with Gasteiger partial charge in [-0.1, -0.05) is 35.4 Å². The molecular formula is C17H20ClNO.